The zero-order valence-corrected chi connectivity index (χ0v) is 16.6. The number of hydrazine groups is 1. The van der Waals surface area contributed by atoms with E-state index in [2.05, 4.69) is 10.9 Å². The molecule has 9 heteroatoms. The lowest BCUT2D eigenvalue weighted by Crippen LogP contribution is -2.48. The van der Waals surface area contributed by atoms with Crippen LogP contribution in [0.4, 0.5) is 24.5 Å². The van der Waals surface area contributed by atoms with Gasteiger partial charge >= 0.3 is 6.18 Å². The fraction of sp³-hybridized carbons (Fsp3) is 0.333. The third-order valence-electron chi connectivity index (χ3n) is 5.12. The van der Waals surface area contributed by atoms with Gasteiger partial charge in [-0.25, -0.2) is 5.43 Å². The number of aliphatic hydroxyl groups is 1. The Hall–Kier alpha value is -2.91. The minimum atomic E-state index is -4.53. The summed E-state index contributed by atoms with van der Waals surface area (Å²) < 4.78 is 40.0. The molecule has 0 aliphatic carbocycles. The first-order valence-corrected chi connectivity index (χ1v) is 9.30. The van der Waals surface area contributed by atoms with Gasteiger partial charge in [-0.05, 0) is 61.7 Å². The quantitative estimate of drug-likeness (QED) is 0.393. The Morgan fingerprint density at radius 1 is 1.17 bits per heavy atom. The molecule has 0 saturated heterocycles. The van der Waals surface area contributed by atoms with Crippen LogP contribution in [0.15, 0.2) is 36.4 Å². The van der Waals surface area contributed by atoms with Gasteiger partial charge in [0.15, 0.2) is 0 Å². The van der Waals surface area contributed by atoms with Crippen LogP contribution in [0.1, 0.15) is 35.1 Å². The molecule has 3 unspecified atom stereocenters. The van der Waals surface area contributed by atoms with Gasteiger partial charge in [0.25, 0.3) is 5.91 Å². The van der Waals surface area contributed by atoms with E-state index in [4.69, 9.17) is 0 Å². The highest BCUT2D eigenvalue weighted by Crippen LogP contribution is 2.48. The fourth-order valence-corrected chi connectivity index (χ4v) is 3.89. The maximum atomic E-state index is 13.3. The van der Waals surface area contributed by atoms with E-state index >= 15 is 0 Å². The summed E-state index contributed by atoms with van der Waals surface area (Å²) in [5, 5.41) is 11.1. The number of amides is 1. The zero-order chi connectivity index (χ0) is 22.2. The number of fused-ring (bicyclic) bond motifs is 1. The summed E-state index contributed by atoms with van der Waals surface area (Å²) in [5.41, 5.74) is 7.13. The second-order valence-corrected chi connectivity index (χ2v) is 7.47. The molecular weight excluding hydrogens is 399 g/mol. The van der Waals surface area contributed by atoms with E-state index in [9.17, 15) is 27.9 Å². The first-order valence-electron chi connectivity index (χ1n) is 9.30. The van der Waals surface area contributed by atoms with Crippen LogP contribution in [0, 0.1) is 13.8 Å². The van der Waals surface area contributed by atoms with Gasteiger partial charge < -0.3 is 10.0 Å². The van der Waals surface area contributed by atoms with Crippen molar-refractivity contribution in [3.05, 3.63) is 58.7 Å². The summed E-state index contributed by atoms with van der Waals surface area (Å²) in [7, 11) is 0. The standard InChI is InChI=1S/C21H22F3N3O3/c1-11-6-12(2)8-15(7-11)27-17-9-14(21(22,23)24)4-5-16(17)19(20(27)30)13(3)25-26-18(29)10-28/h4-10,13,19-20,25,30H,1-3H3,(H,26,29). The molecule has 1 heterocycles. The molecule has 3 atom stereocenters. The van der Waals surface area contributed by atoms with Crippen molar-refractivity contribution < 1.29 is 27.9 Å². The molecule has 6 nitrogen and oxygen atoms in total. The van der Waals surface area contributed by atoms with Crippen molar-refractivity contribution in [1.82, 2.24) is 10.9 Å². The molecular formula is C21H22F3N3O3. The Morgan fingerprint density at radius 2 is 1.80 bits per heavy atom. The van der Waals surface area contributed by atoms with Gasteiger partial charge in [0.2, 0.25) is 6.29 Å². The molecule has 1 aliphatic heterocycles. The lowest BCUT2D eigenvalue weighted by Gasteiger charge is -2.29. The Labute approximate surface area is 171 Å². The predicted molar refractivity (Wildman–Crippen MR) is 105 cm³/mol. The molecule has 0 spiro atoms. The average molecular weight is 421 g/mol. The molecule has 160 valence electrons. The zero-order valence-electron chi connectivity index (χ0n) is 16.6. The number of carbonyl (C=O) groups excluding carboxylic acids is 2. The number of hydrogen-bond acceptors (Lipinski definition) is 5. The van der Waals surface area contributed by atoms with E-state index in [1.807, 2.05) is 19.9 Å². The molecule has 0 fully saturated rings. The molecule has 1 amide bonds. The first-order chi connectivity index (χ1) is 14.0. The van der Waals surface area contributed by atoms with E-state index in [1.165, 1.54) is 11.0 Å². The van der Waals surface area contributed by atoms with E-state index in [0.717, 1.165) is 23.3 Å². The van der Waals surface area contributed by atoms with Crippen LogP contribution in [0.3, 0.4) is 0 Å². The Kier molecular flexibility index (Phi) is 5.87. The number of alkyl halides is 3. The molecule has 0 aromatic heterocycles. The summed E-state index contributed by atoms with van der Waals surface area (Å²) in [4.78, 5) is 23.2. The second kappa shape index (κ2) is 8.08. The number of aliphatic hydroxyl groups excluding tert-OH is 1. The maximum absolute atomic E-state index is 13.3. The molecule has 1 aliphatic rings. The van der Waals surface area contributed by atoms with Crippen molar-refractivity contribution in [2.24, 2.45) is 0 Å². The van der Waals surface area contributed by atoms with Crippen molar-refractivity contribution in [1.29, 1.82) is 0 Å². The number of aldehydes is 1. The van der Waals surface area contributed by atoms with Crippen molar-refractivity contribution in [2.75, 3.05) is 4.90 Å². The van der Waals surface area contributed by atoms with Crippen molar-refractivity contribution >= 4 is 23.6 Å². The molecule has 0 radical (unpaired) electrons. The fourth-order valence-electron chi connectivity index (χ4n) is 3.89. The van der Waals surface area contributed by atoms with Crippen LogP contribution in [0.2, 0.25) is 0 Å². The topological polar surface area (TPSA) is 81.7 Å². The molecule has 3 rings (SSSR count). The van der Waals surface area contributed by atoms with Crippen molar-refractivity contribution in [2.45, 2.75) is 45.1 Å². The van der Waals surface area contributed by atoms with Gasteiger partial charge in [-0.1, -0.05) is 12.1 Å². The molecule has 30 heavy (non-hydrogen) atoms. The minimum absolute atomic E-state index is 0.0934. The Bertz CT molecular complexity index is 957. The lowest BCUT2D eigenvalue weighted by atomic mass is 9.92. The summed E-state index contributed by atoms with van der Waals surface area (Å²) in [6, 6.07) is 8.25. The Morgan fingerprint density at radius 3 is 2.37 bits per heavy atom. The second-order valence-electron chi connectivity index (χ2n) is 7.47. The van der Waals surface area contributed by atoms with Gasteiger partial charge in [0, 0.05) is 23.3 Å². The van der Waals surface area contributed by atoms with Crippen LogP contribution in [0.5, 0.6) is 0 Å². The molecule has 2 aromatic carbocycles. The van der Waals surface area contributed by atoms with Crippen molar-refractivity contribution in [3.63, 3.8) is 0 Å². The highest BCUT2D eigenvalue weighted by molar-refractivity contribution is 6.23. The van der Waals surface area contributed by atoms with Gasteiger partial charge in [0.1, 0.15) is 6.23 Å². The van der Waals surface area contributed by atoms with E-state index in [-0.39, 0.29) is 12.0 Å². The smallest absolute Gasteiger partial charge is 0.373 e. The highest BCUT2D eigenvalue weighted by atomic mass is 19.4. The van der Waals surface area contributed by atoms with Crippen LogP contribution >= 0.6 is 0 Å². The monoisotopic (exact) mass is 421 g/mol. The predicted octanol–water partition coefficient (Wildman–Crippen LogP) is 3.08. The minimum Gasteiger partial charge on any atom is -0.373 e. The molecule has 3 N–H and O–H groups in total. The number of aryl methyl sites for hydroxylation is 2. The summed E-state index contributed by atoms with van der Waals surface area (Å²) >= 11 is 0. The van der Waals surface area contributed by atoms with Crippen LogP contribution < -0.4 is 15.8 Å². The largest absolute Gasteiger partial charge is 0.416 e. The normalized spacial score (nSPS) is 19.4. The number of benzene rings is 2. The molecule has 2 aromatic rings. The SMILES string of the molecule is Cc1cc(C)cc(N2c3cc(C(F)(F)F)ccc3C(C(C)NNC(=O)C=O)C2O)c1. The van der Waals surface area contributed by atoms with Crippen molar-refractivity contribution in [3.8, 4) is 0 Å². The number of nitrogens with zero attached hydrogens (tertiary/aromatic N) is 1. The first kappa shape index (κ1) is 21.8. The number of nitrogens with one attached hydrogen (secondary N) is 2. The summed E-state index contributed by atoms with van der Waals surface area (Å²) in [5.74, 6) is -1.57. The number of anilines is 2. The lowest BCUT2D eigenvalue weighted by molar-refractivity contribution is -0.137. The van der Waals surface area contributed by atoms with E-state index in [0.29, 0.717) is 11.3 Å². The van der Waals surface area contributed by atoms with Crippen LogP contribution in [-0.2, 0) is 15.8 Å². The average Bonchev–Trinajstić information content (AvgIpc) is 2.95. The maximum Gasteiger partial charge on any atom is 0.416 e. The Balaban J connectivity index is 2.08. The highest BCUT2D eigenvalue weighted by Gasteiger charge is 2.43. The van der Waals surface area contributed by atoms with Gasteiger partial charge in [-0.2, -0.15) is 13.2 Å². The van der Waals surface area contributed by atoms with Crippen LogP contribution in [0.25, 0.3) is 0 Å². The number of carbonyl (C=O) groups is 2. The number of rotatable bonds is 5. The number of halogens is 3. The third-order valence-corrected chi connectivity index (χ3v) is 5.12. The van der Waals surface area contributed by atoms with Gasteiger partial charge in [0.05, 0.1) is 5.56 Å². The van der Waals surface area contributed by atoms with E-state index < -0.39 is 35.8 Å². The van der Waals surface area contributed by atoms with Gasteiger partial charge in [-0.15, -0.1) is 0 Å². The number of hydrogen-bond donors (Lipinski definition) is 3. The van der Waals surface area contributed by atoms with Gasteiger partial charge in [-0.3, -0.25) is 15.0 Å². The summed E-state index contributed by atoms with van der Waals surface area (Å²) in [6.07, 6.45) is -5.63. The van der Waals surface area contributed by atoms with E-state index in [1.54, 1.807) is 19.1 Å². The molecule has 0 saturated carbocycles. The van der Waals surface area contributed by atoms with Crippen LogP contribution in [-0.4, -0.2) is 29.6 Å². The third kappa shape index (κ3) is 4.17. The molecule has 0 bridgehead atoms. The summed E-state index contributed by atoms with van der Waals surface area (Å²) in [6.45, 7) is 5.39.